The summed E-state index contributed by atoms with van der Waals surface area (Å²) in [6.07, 6.45) is 0. The third kappa shape index (κ3) is 13.3. The summed E-state index contributed by atoms with van der Waals surface area (Å²) < 4.78 is 0. The van der Waals surface area contributed by atoms with Crippen molar-refractivity contribution in [2.75, 3.05) is 0 Å². The minimum absolute atomic E-state index is 1.33. The van der Waals surface area contributed by atoms with Crippen LogP contribution in [0.5, 0.6) is 0 Å². The Morgan fingerprint density at radius 2 is 0.786 bits per heavy atom. The van der Waals surface area contributed by atoms with E-state index in [4.69, 9.17) is 0 Å². The van der Waals surface area contributed by atoms with Gasteiger partial charge in [0.1, 0.15) is 0 Å². The van der Waals surface area contributed by atoms with E-state index in [0.717, 1.165) is 0 Å². The lowest BCUT2D eigenvalue weighted by atomic mass is 10.2. The second kappa shape index (κ2) is 17.7. The van der Waals surface area contributed by atoms with E-state index in [0.29, 0.717) is 0 Å². The molecule has 0 nitrogen and oxygen atoms in total. The summed E-state index contributed by atoms with van der Waals surface area (Å²) in [5, 5.41) is 0. The molecular weight excluding hydrogens is 168 g/mol. The Labute approximate surface area is 90.0 Å². The minimum atomic E-state index is 1.33. The molecule has 0 saturated carbocycles. The molecule has 80 valence electrons. The number of rotatable bonds is 0. The van der Waals surface area contributed by atoms with Gasteiger partial charge < -0.3 is 0 Å². The Hall–Kier alpha value is -1.30. The number of benzene rings is 1. The summed E-state index contributed by atoms with van der Waals surface area (Å²) >= 11 is 0. The van der Waals surface area contributed by atoms with Crippen molar-refractivity contribution in [2.24, 2.45) is 0 Å². The third-order valence-electron chi connectivity index (χ3n) is 1.22. The molecule has 0 unspecified atom stereocenters. The van der Waals surface area contributed by atoms with Gasteiger partial charge >= 0.3 is 0 Å². The molecule has 0 saturated heterocycles. The lowest BCUT2D eigenvalue weighted by Gasteiger charge is -1.90. The molecule has 0 aliphatic carbocycles. The van der Waals surface area contributed by atoms with Gasteiger partial charge in [0.05, 0.1) is 0 Å². The highest BCUT2D eigenvalue weighted by Gasteiger charge is 1.79. The van der Waals surface area contributed by atoms with E-state index >= 15 is 0 Å². The van der Waals surface area contributed by atoms with Gasteiger partial charge in [0.2, 0.25) is 0 Å². The van der Waals surface area contributed by atoms with E-state index in [1.54, 1.807) is 0 Å². The lowest BCUT2D eigenvalue weighted by Crippen LogP contribution is -1.70. The summed E-state index contributed by atoms with van der Waals surface area (Å²) in [5.74, 6) is 0. The molecule has 14 heavy (non-hydrogen) atoms. The maximum Gasteiger partial charge on any atom is -0.0398 e. The van der Waals surface area contributed by atoms with Gasteiger partial charge in [0, 0.05) is 0 Å². The maximum atomic E-state index is 3.00. The van der Waals surface area contributed by atoms with Gasteiger partial charge in [-0.25, -0.2) is 0 Å². The Kier molecular flexibility index (Phi) is 23.4. The topological polar surface area (TPSA) is 0 Å². The standard InChI is InChI=1S/C8H10.C2H6.2C2H4/c1-7-3-5-8(2)6-4-7;3*1-2/h3-6H,1-2H3;1-2H3;2*1-2H2. The normalized spacial score (nSPS) is 6.29. The third-order valence-corrected chi connectivity index (χ3v) is 1.22. The molecule has 0 N–H and O–H groups in total. The quantitative estimate of drug-likeness (QED) is 0.511. The second-order valence-electron chi connectivity index (χ2n) is 2.15. The first-order valence-corrected chi connectivity index (χ1v) is 4.82. The number of hydrogen-bond acceptors (Lipinski definition) is 0. The average molecular weight is 192 g/mol. The Morgan fingerprint density at radius 1 is 0.643 bits per heavy atom. The molecule has 0 atom stereocenters. The Balaban J connectivity index is -0.000000174. The van der Waals surface area contributed by atoms with Crippen molar-refractivity contribution in [3.05, 3.63) is 61.7 Å². The Bertz CT molecular complexity index is 161. The number of aryl methyl sites for hydroxylation is 2. The van der Waals surface area contributed by atoms with Crippen LogP contribution >= 0.6 is 0 Å². The van der Waals surface area contributed by atoms with Crippen LogP contribution in [-0.4, -0.2) is 0 Å². The SMILES string of the molecule is C=C.C=C.CC.Cc1ccc(C)cc1. The smallest absolute Gasteiger partial charge is 0.0398 e. The fourth-order valence-corrected chi connectivity index (χ4v) is 0.637. The van der Waals surface area contributed by atoms with Gasteiger partial charge in [-0.3, -0.25) is 0 Å². The van der Waals surface area contributed by atoms with Crippen LogP contribution in [0.15, 0.2) is 50.6 Å². The minimum Gasteiger partial charge on any atom is -0.106 e. The van der Waals surface area contributed by atoms with E-state index in [9.17, 15) is 0 Å². The van der Waals surface area contributed by atoms with Crippen LogP contribution in [-0.2, 0) is 0 Å². The molecule has 0 aliphatic rings. The predicted octanol–water partition coefficient (Wildman–Crippen LogP) is 4.93. The summed E-state index contributed by atoms with van der Waals surface area (Å²) in [4.78, 5) is 0. The molecule has 0 heteroatoms. The highest BCUT2D eigenvalue weighted by atomic mass is 13.9. The first kappa shape index (κ1) is 18.5. The molecular formula is C14H24. The molecule has 0 aromatic heterocycles. The van der Waals surface area contributed by atoms with Crippen LogP contribution in [0.3, 0.4) is 0 Å². The van der Waals surface area contributed by atoms with Crippen LogP contribution in [0, 0.1) is 13.8 Å². The van der Waals surface area contributed by atoms with E-state index in [2.05, 4.69) is 64.4 Å². The average Bonchev–Trinajstić information content (AvgIpc) is 2.31. The summed E-state index contributed by atoms with van der Waals surface area (Å²) in [6.45, 7) is 20.2. The molecule has 0 bridgehead atoms. The van der Waals surface area contributed by atoms with E-state index in [1.807, 2.05) is 13.8 Å². The molecule has 0 fully saturated rings. The van der Waals surface area contributed by atoms with E-state index in [-0.39, 0.29) is 0 Å². The zero-order chi connectivity index (χ0) is 12.0. The fourth-order valence-electron chi connectivity index (χ4n) is 0.637. The maximum absolute atomic E-state index is 3.00. The van der Waals surface area contributed by atoms with Gasteiger partial charge in [-0.1, -0.05) is 49.2 Å². The molecule has 1 rings (SSSR count). The molecule has 0 spiro atoms. The van der Waals surface area contributed by atoms with Gasteiger partial charge in [0.15, 0.2) is 0 Å². The van der Waals surface area contributed by atoms with Gasteiger partial charge in [-0.15, -0.1) is 26.3 Å². The summed E-state index contributed by atoms with van der Waals surface area (Å²) in [7, 11) is 0. The van der Waals surface area contributed by atoms with Crippen LogP contribution in [0.2, 0.25) is 0 Å². The van der Waals surface area contributed by atoms with E-state index in [1.165, 1.54) is 11.1 Å². The van der Waals surface area contributed by atoms with Crippen LogP contribution in [0.4, 0.5) is 0 Å². The largest absolute Gasteiger partial charge is 0.106 e. The van der Waals surface area contributed by atoms with Crippen LogP contribution < -0.4 is 0 Å². The summed E-state index contributed by atoms with van der Waals surface area (Å²) in [5.41, 5.74) is 2.66. The monoisotopic (exact) mass is 192 g/mol. The van der Waals surface area contributed by atoms with Crippen molar-refractivity contribution in [3.8, 4) is 0 Å². The van der Waals surface area contributed by atoms with Gasteiger partial charge in [-0.2, -0.15) is 0 Å². The van der Waals surface area contributed by atoms with Crippen molar-refractivity contribution in [2.45, 2.75) is 27.7 Å². The Morgan fingerprint density at radius 3 is 0.929 bits per heavy atom. The van der Waals surface area contributed by atoms with Crippen molar-refractivity contribution < 1.29 is 0 Å². The van der Waals surface area contributed by atoms with E-state index < -0.39 is 0 Å². The molecule has 1 aromatic rings. The van der Waals surface area contributed by atoms with Crippen molar-refractivity contribution in [3.63, 3.8) is 0 Å². The second-order valence-corrected chi connectivity index (χ2v) is 2.15. The first-order valence-electron chi connectivity index (χ1n) is 4.82. The van der Waals surface area contributed by atoms with Crippen LogP contribution in [0.1, 0.15) is 25.0 Å². The molecule has 0 radical (unpaired) electrons. The van der Waals surface area contributed by atoms with Crippen molar-refractivity contribution in [1.82, 2.24) is 0 Å². The summed E-state index contributed by atoms with van der Waals surface area (Å²) in [6, 6.07) is 8.48. The lowest BCUT2D eigenvalue weighted by molar-refractivity contribution is 1.40. The van der Waals surface area contributed by atoms with Gasteiger partial charge in [-0.05, 0) is 13.8 Å². The fraction of sp³-hybridized carbons (Fsp3) is 0.286. The van der Waals surface area contributed by atoms with Gasteiger partial charge in [0.25, 0.3) is 0 Å². The molecule has 0 aliphatic heterocycles. The zero-order valence-electron chi connectivity index (χ0n) is 10.1. The van der Waals surface area contributed by atoms with Crippen molar-refractivity contribution in [1.29, 1.82) is 0 Å². The molecule has 1 aromatic carbocycles. The highest BCUT2D eigenvalue weighted by Crippen LogP contribution is 1.99. The van der Waals surface area contributed by atoms with Crippen LogP contribution in [0.25, 0.3) is 0 Å². The molecule has 0 amide bonds. The highest BCUT2D eigenvalue weighted by molar-refractivity contribution is 5.19. The first-order chi connectivity index (χ1) is 6.79. The predicted molar refractivity (Wildman–Crippen MR) is 69.8 cm³/mol. The number of hydrogen-bond donors (Lipinski definition) is 0. The zero-order valence-corrected chi connectivity index (χ0v) is 10.1. The molecule has 0 heterocycles. The van der Waals surface area contributed by atoms with Crippen molar-refractivity contribution >= 4 is 0 Å².